The Labute approximate surface area is 176 Å². The maximum atomic E-state index is 12.7. The van der Waals surface area contributed by atoms with Crippen LogP contribution in [-0.2, 0) is 24.1 Å². The van der Waals surface area contributed by atoms with Crippen LogP contribution in [0.2, 0.25) is 0 Å². The number of nitrogens with two attached hydrogens (primary N) is 1. The minimum Gasteiger partial charge on any atom is -0.480 e. The maximum absolute atomic E-state index is 12.7. The van der Waals surface area contributed by atoms with Crippen LogP contribution in [-0.4, -0.2) is 23.0 Å². The van der Waals surface area contributed by atoms with Gasteiger partial charge in [-0.1, -0.05) is 60.7 Å². The summed E-state index contributed by atoms with van der Waals surface area (Å²) in [6.45, 7) is 0. The van der Waals surface area contributed by atoms with Gasteiger partial charge in [0.2, 0.25) is 0 Å². The lowest BCUT2D eigenvalue weighted by Crippen LogP contribution is -2.41. The van der Waals surface area contributed by atoms with Gasteiger partial charge in [0.1, 0.15) is 6.04 Å². The van der Waals surface area contributed by atoms with Gasteiger partial charge >= 0.3 is 5.97 Å². The van der Waals surface area contributed by atoms with E-state index in [1.165, 1.54) is 5.56 Å². The Balaban J connectivity index is 1.64. The van der Waals surface area contributed by atoms with Gasteiger partial charge in [-0.2, -0.15) is 0 Å². The summed E-state index contributed by atoms with van der Waals surface area (Å²) >= 11 is 0. The number of carbonyl (C=O) groups is 2. The number of aryl methyl sites for hydroxylation is 3. The van der Waals surface area contributed by atoms with E-state index >= 15 is 0 Å². The van der Waals surface area contributed by atoms with E-state index in [1.54, 1.807) is 18.2 Å². The summed E-state index contributed by atoms with van der Waals surface area (Å²) in [5.41, 5.74) is 10.2. The van der Waals surface area contributed by atoms with Gasteiger partial charge in [-0.25, -0.2) is 4.79 Å². The van der Waals surface area contributed by atoms with E-state index in [0.29, 0.717) is 30.5 Å². The third-order valence-corrected chi connectivity index (χ3v) is 5.10. The van der Waals surface area contributed by atoms with Crippen molar-refractivity contribution >= 4 is 17.6 Å². The lowest BCUT2D eigenvalue weighted by atomic mass is 10.00. The summed E-state index contributed by atoms with van der Waals surface area (Å²) < 4.78 is 0. The van der Waals surface area contributed by atoms with E-state index in [2.05, 4.69) is 17.4 Å². The third-order valence-electron chi connectivity index (χ3n) is 5.10. The maximum Gasteiger partial charge on any atom is 0.326 e. The summed E-state index contributed by atoms with van der Waals surface area (Å²) in [5.74, 6) is -1.45. The van der Waals surface area contributed by atoms with Crippen molar-refractivity contribution in [1.29, 1.82) is 0 Å². The minimum atomic E-state index is -1.04. The fourth-order valence-corrected chi connectivity index (χ4v) is 3.34. The molecule has 3 aromatic rings. The predicted octanol–water partition coefficient (Wildman–Crippen LogP) is 3.87. The quantitative estimate of drug-likeness (QED) is 0.474. The van der Waals surface area contributed by atoms with Crippen molar-refractivity contribution in [2.24, 2.45) is 0 Å². The molecule has 0 spiro atoms. The van der Waals surface area contributed by atoms with Gasteiger partial charge in [-0.05, 0) is 60.6 Å². The number of nitrogens with one attached hydrogen (secondary N) is 1. The van der Waals surface area contributed by atoms with Crippen molar-refractivity contribution in [3.8, 4) is 0 Å². The molecule has 1 atom stereocenters. The first-order valence-corrected chi connectivity index (χ1v) is 10.0. The zero-order valence-electron chi connectivity index (χ0n) is 16.8. The number of anilines is 1. The zero-order valence-corrected chi connectivity index (χ0v) is 16.8. The van der Waals surface area contributed by atoms with Crippen molar-refractivity contribution in [1.82, 2.24) is 5.32 Å². The molecule has 1 unspecified atom stereocenters. The molecule has 30 heavy (non-hydrogen) atoms. The number of amides is 1. The Bertz CT molecular complexity index is 988. The highest BCUT2D eigenvalue weighted by molar-refractivity contribution is 5.97. The number of carboxylic acids is 1. The molecule has 4 N–H and O–H groups in total. The van der Waals surface area contributed by atoms with Crippen molar-refractivity contribution in [2.75, 3.05) is 5.73 Å². The molecule has 5 nitrogen and oxygen atoms in total. The smallest absolute Gasteiger partial charge is 0.326 e. The summed E-state index contributed by atoms with van der Waals surface area (Å²) in [4.78, 5) is 24.3. The van der Waals surface area contributed by atoms with E-state index in [9.17, 15) is 14.7 Å². The second kappa shape index (κ2) is 10.3. The van der Waals surface area contributed by atoms with Crippen molar-refractivity contribution in [3.05, 3.63) is 101 Å². The highest BCUT2D eigenvalue weighted by Gasteiger charge is 2.21. The molecule has 0 aliphatic carbocycles. The lowest BCUT2D eigenvalue weighted by molar-refractivity contribution is -0.139. The predicted molar refractivity (Wildman–Crippen MR) is 118 cm³/mol. The first kappa shape index (κ1) is 21.1. The van der Waals surface area contributed by atoms with Crippen LogP contribution in [0, 0.1) is 0 Å². The number of hydrogen-bond acceptors (Lipinski definition) is 3. The molecule has 0 saturated heterocycles. The summed E-state index contributed by atoms with van der Waals surface area (Å²) in [6.07, 6.45) is 2.40. The molecule has 0 heterocycles. The number of benzene rings is 3. The molecule has 0 aliphatic rings. The minimum absolute atomic E-state index is 0.320. The Morgan fingerprint density at radius 1 is 0.833 bits per heavy atom. The number of aliphatic carboxylic acids is 1. The fraction of sp³-hybridized carbons (Fsp3) is 0.200. The van der Waals surface area contributed by atoms with Crippen LogP contribution in [0.5, 0.6) is 0 Å². The molecular weight excluding hydrogens is 376 g/mol. The Morgan fingerprint density at radius 3 is 2.03 bits per heavy atom. The van der Waals surface area contributed by atoms with E-state index in [1.807, 2.05) is 48.5 Å². The Hall–Kier alpha value is -3.60. The number of hydrogen-bond donors (Lipinski definition) is 3. The molecular formula is C25H26N2O3. The third kappa shape index (κ3) is 5.95. The zero-order chi connectivity index (χ0) is 21.3. The number of carbonyl (C=O) groups excluding carboxylic acids is 1. The second-order valence-electron chi connectivity index (χ2n) is 7.29. The van der Waals surface area contributed by atoms with Crippen molar-refractivity contribution in [2.45, 2.75) is 31.7 Å². The fourth-order valence-electron chi connectivity index (χ4n) is 3.34. The number of rotatable bonds is 9. The Kier molecular flexibility index (Phi) is 7.22. The van der Waals surface area contributed by atoms with Crippen molar-refractivity contribution < 1.29 is 14.7 Å². The molecule has 0 aliphatic heterocycles. The van der Waals surface area contributed by atoms with Gasteiger partial charge in [-0.3, -0.25) is 4.79 Å². The van der Waals surface area contributed by atoms with Gasteiger partial charge in [0.25, 0.3) is 5.91 Å². The molecule has 0 aromatic heterocycles. The summed E-state index contributed by atoms with van der Waals surface area (Å²) in [6, 6.07) is 23.8. The molecule has 0 radical (unpaired) electrons. The molecule has 3 rings (SSSR count). The van der Waals surface area contributed by atoms with Crippen LogP contribution in [0.3, 0.4) is 0 Å². The summed E-state index contributed by atoms with van der Waals surface area (Å²) in [5, 5.41) is 12.2. The van der Waals surface area contributed by atoms with Gasteiger partial charge in [0, 0.05) is 11.3 Å². The first-order chi connectivity index (χ1) is 14.5. The number of carboxylic acid groups (broad SMARTS) is 1. The lowest BCUT2D eigenvalue weighted by Gasteiger charge is -2.15. The average Bonchev–Trinajstić information content (AvgIpc) is 2.77. The van der Waals surface area contributed by atoms with Crippen LogP contribution < -0.4 is 11.1 Å². The van der Waals surface area contributed by atoms with E-state index in [4.69, 9.17) is 5.73 Å². The molecule has 0 fully saturated rings. The van der Waals surface area contributed by atoms with Crippen LogP contribution >= 0.6 is 0 Å². The topological polar surface area (TPSA) is 92.4 Å². The van der Waals surface area contributed by atoms with Crippen LogP contribution in [0.25, 0.3) is 0 Å². The summed E-state index contributed by atoms with van der Waals surface area (Å²) in [7, 11) is 0. The van der Waals surface area contributed by atoms with Crippen LogP contribution in [0.4, 0.5) is 5.69 Å². The normalized spacial score (nSPS) is 11.6. The number of nitrogen functional groups attached to an aromatic ring is 1. The van der Waals surface area contributed by atoms with E-state index in [-0.39, 0.29) is 0 Å². The average molecular weight is 402 g/mol. The highest BCUT2D eigenvalue weighted by atomic mass is 16.4. The van der Waals surface area contributed by atoms with Crippen LogP contribution in [0.1, 0.15) is 33.5 Å². The molecule has 5 heteroatoms. The van der Waals surface area contributed by atoms with Gasteiger partial charge < -0.3 is 16.2 Å². The highest BCUT2D eigenvalue weighted by Crippen LogP contribution is 2.17. The largest absolute Gasteiger partial charge is 0.480 e. The molecule has 3 aromatic carbocycles. The molecule has 1 amide bonds. The van der Waals surface area contributed by atoms with Gasteiger partial charge in [0.15, 0.2) is 0 Å². The molecule has 0 bridgehead atoms. The van der Waals surface area contributed by atoms with Gasteiger partial charge in [0.05, 0.1) is 0 Å². The van der Waals surface area contributed by atoms with Crippen LogP contribution in [0.15, 0.2) is 78.9 Å². The standard InChI is InChI=1S/C25H26N2O3/c26-22-15-14-21(17-20(22)13-11-18-7-3-1-4-8-18)24(28)27-23(25(29)30)16-12-19-9-5-2-6-10-19/h1-10,14-15,17,23H,11-13,16,26H2,(H,27,28)(H,29,30). The first-order valence-electron chi connectivity index (χ1n) is 10.0. The van der Waals surface area contributed by atoms with E-state index < -0.39 is 17.9 Å². The van der Waals surface area contributed by atoms with Gasteiger partial charge in [-0.15, -0.1) is 0 Å². The van der Waals surface area contributed by atoms with Crippen molar-refractivity contribution in [3.63, 3.8) is 0 Å². The molecule has 154 valence electrons. The second-order valence-corrected chi connectivity index (χ2v) is 7.29. The van der Waals surface area contributed by atoms with E-state index in [0.717, 1.165) is 17.5 Å². The molecule has 0 saturated carbocycles. The SMILES string of the molecule is Nc1ccc(C(=O)NC(CCc2ccccc2)C(=O)O)cc1CCc1ccccc1. The Morgan fingerprint density at radius 2 is 1.43 bits per heavy atom. The monoisotopic (exact) mass is 402 g/mol.